The van der Waals surface area contributed by atoms with E-state index >= 15 is 4.79 Å². The molecule has 0 fully saturated rings. The van der Waals surface area contributed by atoms with Gasteiger partial charge in [0.05, 0.1) is 0 Å². The normalized spacial score (nSPS) is 11.2. The Morgan fingerprint density at radius 2 is 0.914 bits per heavy atom. The van der Waals surface area contributed by atoms with Crippen LogP contribution < -0.4 is 4.74 Å². The maximum Gasteiger partial charge on any atom is 0.193 e. The number of rotatable bonds is 22. The Labute approximate surface area is 411 Å². The highest BCUT2D eigenvalue weighted by Crippen LogP contribution is 2.36. The van der Waals surface area contributed by atoms with E-state index in [0.29, 0.717) is 38.9 Å². The summed E-state index contributed by atoms with van der Waals surface area (Å²) in [4.78, 5) is 41.7. The highest BCUT2D eigenvalue weighted by Gasteiger charge is 2.21. The van der Waals surface area contributed by atoms with Crippen molar-refractivity contribution in [3.8, 4) is 33.8 Å². The molecule has 0 bridgehead atoms. The quantitative estimate of drug-likeness (QED) is 0.0502. The zero-order valence-corrected chi connectivity index (χ0v) is 40.5. The summed E-state index contributed by atoms with van der Waals surface area (Å²) < 4.78 is 34.0. The van der Waals surface area contributed by atoms with Gasteiger partial charge in [-0.05, 0) is 173 Å². The summed E-state index contributed by atoms with van der Waals surface area (Å²) in [5, 5.41) is 2.46. The van der Waals surface area contributed by atoms with Crippen molar-refractivity contribution in [1.82, 2.24) is 0 Å². The molecule has 6 heteroatoms. The first-order valence-electron chi connectivity index (χ1n) is 25.0. The predicted molar refractivity (Wildman–Crippen MR) is 281 cm³/mol. The smallest absolute Gasteiger partial charge is 0.193 e. The molecule has 0 unspecified atom stereocenters. The minimum atomic E-state index is -0.417. The molecule has 8 aromatic carbocycles. The van der Waals surface area contributed by atoms with Crippen molar-refractivity contribution < 1.29 is 27.9 Å². The predicted octanol–water partition coefficient (Wildman–Crippen LogP) is 17.1. The first-order valence-corrected chi connectivity index (χ1v) is 25.0. The van der Waals surface area contributed by atoms with Gasteiger partial charge in [-0.25, -0.2) is 8.78 Å². The van der Waals surface area contributed by atoms with Crippen LogP contribution in [0.1, 0.15) is 143 Å². The van der Waals surface area contributed by atoms with Crippen LogP contribution in [0, 0.1) is 11.6 Å². The Morgan fingerprint density at radius 1 is 0.414 bits per heavy atom. The minimum absolute atomic E-state index is 0.174. The summed E-state index contributed by atoms with van der Waals surface area (Å²) in [6.07, 6.45) is 13.0. The van der Waals surface area contributed by atoms with Gasteiger partial charge in [0, 0.05) is 33.4 Å². The molecule has 0 atom stereocenters. The number of fused-ring (bicyclic) bond motifs is 1. The largest absolute Gasteiger partial charge is 0.457 e. The summed E-state index contributed by atoms with van der Waals surface area (Å²) in [6, 6.07) is 47.9. The molecule has 0 amide bonds. The lowest BCUT2D eigenvalue weighted by Gasteiger charge is -2.16. The number of ether oxygens (including phenoxy) is 1. The number of unbranched alkanes of at least 4 members (excludes halogenated alkanes) is 6. The first-order chi connectivity index (χ1) is 34.1. The van der Waals surface area contributed by atoms with E-state index in [1.165, 1.54) is 103 Å². The lowest BCUT2D eigenvalue weighted by molar-refractivity contribution is 0.103. The monoisotopic (exact) mass is 930 g/mol. The fourth-order valence-electron chi connectivity index (χ4n) is 9.22. The number of carbonyl (C=O) groups is 3. The van der Waals surface area contributed by atoms with Gasteiger partial charge in [0.2, 0.25) is 0 Å². The van der Waals surface area contributed by atoms with E-state index in [9.17, 15) is 18.4 Å². The standard InChI is InChI=1S/C64H60F2O4/c1-4-7-10-13-43-38-51(14-11-8-5-2)59-42-57(35-28-52(59)39-43)70-61-37-30-54(40-53(61)15-12-9-6-3)64(69)60-41-50(44-16-20-46(21-17-44)62(67)48-24-31-55(65)32-25-48)29-36-58(60)45-18-22-47(23-19-45)63(68)49-26-33-56(66)34-27-49/h16-42H,4-15H2,1-3H3. The van der Waals surface area contributed by atoms with E-state index in [2.05, 4.69) is 51.1 Å². The molecule has 70 heavy (non-hydrogen) atoms. The number of carbonyl (C=O) groups excluding carboxylic acids is 3. The first kappa shape index (κ1) is 49.1. The number of benzene rings is 8. The third kappa shape index (κ3) is 11.9. The Hall–Kier alpha value is -7.31. The highest BCUT2D eigenvalue weighted by molar-refractivity contribution is 6.14. The number of halogens is 2. The molecule has 0 aromatic heterocycles. The molecule has 4 nitrogen and oxygen atoms in total. The topological polar surface area (TPSA) is 60.4 Å². The third-order valence-corrected chi connectivity index (χ3v) is 13.2. The van der Waals surface area contributed by atoms with Crippen molar-refractivity contribution in [2.24, 2.45) is 0 Å². The summed E-state index contributed by atoms with van der Waals surface area (Å²) in [5.74, 6) is 0.0287. The van der Waals surface area contributed by atoms with Crippen molar-refractivity contribution in [3.63, 3.8) is 0 Å². The molecule has 0 saturated heterocycles. The fraction of sp³-hybridized carbons (Fsp3) is 0.234. The van der Waals surface area contributed by atoms with Crippen molar-refractivity contribution >= 4 is 28.1 Å². The van der Waals surface area contributed by atoms with Gasteiger partial charge in [-0.3, -0.25) is 14.4 Å². The van der Waals surface area contributed by atoms with Gasteiger partial charge in [0.25, 0.3) is 0 Å². The van der Waals surface area contributed by atoms with Gasteiger partial charge in [0.1, 0.15) is 23.1 Å². The van der Waals surface area contributed by atoms with E-state index in [-0.39, 0.29) is 17.3 Å². The second-order valence-electron chi connectivity index (χ2n) is 18.3. The van der Waals surface area contributed by atoms with E-state index in [1.807, 2.05) is 60.7 Å². The molecule has 8 aromatic rings. The fourth-order valence-corrected chi connectivity index (χ4v) is 9.22. The van der Waals surface area contributed by atoms with E-state index in [1.54, 1.807) is 24.3 Å². The van der Waals surface area contributed by atoms with Crippen LogP contribution in [-0.4, -0.2) is 17.3 Å². The van der Waals surface area contributed by atoms with Gasteiger partial charge in [-0.15, -0.1) is 0 Å². The second-order valence-corrected chi connectivity index (χ2v) is 18.3. The van der Waals surface area contributed by atoms with Crippen LogP contribution in [0.5, 0.6) is 11.5 Å². The Balaban J connectivity index is 1.14. The van der Waals surface area contributed by atoms with Crippen LogP contribution >= 0.6 is 0 Å². The lowest BCUT2D eigenvalue weighted by atomic mass is 9.89. The Morgan fingerprint density at radius 3 is 1.49 bits per heavy atom. The summed E-state index contributed by atoms with van der Waals surface area (Å²) in [5.41, 5.74) is 9.38. The molecule has 0 aliphatic heterocycles. The molecular formula is C64H60F2O4. The van der Waals surface area contributed by atoms with E-state index in [4.69, 9.17) is 4.74 Å². The molecule has 0 radical (unpaired) electrons. The van der Waals surface area contributed by atoms with Gasteiger partial charge in [0.15, 0.2) is 17.3 Å². The van der Waals surface area contributed by atoms with Crippen LogP contribution in [-0.2, 0) is 19.3 Å². The zero-order chi connectivity index (χ0) is 49.0. The van der Waals surface area contributed by atoms with Gasteiger partial charge >= 0.3 is 0 Å². The van der Waals surface area contributed by atoms with E-state index < -0.39 is 11.6 Å². The van der Waals surface area contributed by atoms with Gasteiger partial charge < -0.3 is 4.74 Å². The second kappa shape index (κ2) is 23.3. The third-order valence-electron chi connectivity index (χ3n) is 13.2. The zero-order valence-electron chi connectivity index (χ0n) is 40.5. The maximum absolute atomic E-state index is 15.1. The van der Waals surface area contributed by atoms with Crippen LogP contribution in [0.3, 0.4) is 0 Å². The van der Waals surface area contributed by atoms with Crippen LogP contribution in [0.25, 0.3) is 33.0 Å². The lowest BCUT2D eigenvalue weighted by Crippen LogP contribution is -2.06. The molecular weight excluding hydrogens is 871 g/mol. The molecule has 354 valence electrons. The molecule has 0 saturated carbocycles. The minimum Gasteiger partial charge on any atom is -0.457 e. The maximum atomic E-state index is 15.1. The molecule has 0 spiro atoms. The highest BCUT2D eigenvalue weighted by atomic mass is 19.1. The van der Waals surface area contributed by atoms with E-state index in [0.717, 1.165) is 78.7 Å². The number of hydrogen-bond acceptors (Lipinski definition) is 4. The SMILES string of the molecule is CCCCCc1cc(CCCCC)c2cc(Oc3ccc(C(=O)c4cc(-c5ccc(C(=O)c6ccc(F)cc6)cc5)ccc4-c4ccc(C(=O)c5ccc(F)cc5)cc4)cc3CCCCC)ccc2c1. The van der Waals surface area contributed by atoms with Gasteiger partial charge in [-0.2, -0.15) is 0 Å². The molecule has 0 aliphatic carbocycles. The Bertz CT molecular complexity index is 3100. The molecule has 8 rings (SSSR count). The van der Waals surface area contributed by atoms with Crippen LogP contribution in [0.4, 0.5) is 8.78 Å². The summed E-state index contributed by atoms with van der Waals surface area (Å²) in [7, 11) is 0. The Kier molecular flexibility index (Phi) is 16.4. The number of hydrogen-bond donors (Lipinski definition) is 0. The molecule has 0 N–H and O–H groups in total. The molecule has 0 heterocycles. The van der Waals surface area contributed by atoms with Crippen LogP contribution in [0.15, 0.2) is 164 Å². The van der Waals surface area contributed by atoms with Crippen molar-refractivity contribution in [2.45, 2.75) is 97.8 Å². The summed E-state index contributed by atoms with van der Waals surface area (Å²) >= 11 is 0. The van der Waals surface area contributed by atoms with Crippen molar-refractivity contribution in [3.05, 3.63) is 225 Å². The number of ketones is 3. The molecule has 0 aliphatic rings. The number of aryl methyl sites for hydroxylation is 3. The van der Waals surface area contributed by atoms with Crippen LogP contribution in [0.2, 0.25) is 0 Å². The average molecular weight is 931 g/mol. The van der Waals surface area contributed by atoms with Crippen molar-refractivity contribution in [1.29, 1.82) is 0 Å². The van der Waals surface area contributed by atoms with Gasteiger partial charge in [-0.1, -0.05) is 138 Å². The van der Waals surface area contributed by atoms with Crippen molar-refractivity contribution in [2.75, 3.05) is 0 Å². The average Bonchev–Trinajstić information content (AvgIpc) is 3.39. The summed E-state index contributed by atoms with van der Waals surface area (Å²) in [6.45, 7) is 6.66.